The number of fused-ring (bicyclic) bond motifs is 1. The van der Waals surface area contributed by atoms with Gasteiger partial charge in [0.15, 0.2) is 0 Å². The summed E-state index contributed by atoms with van der Waals surface area (Å²) < 4.78 is 5.72. The molecule has 0 unspecified atom stereocenters. The van der Waals surface area contributed by atoms with Crippen molar-refractivity contribution in [3.63, 3.8) is 0 Å². The Balaban J connectivity index is 1.73. The molecule has 0 amide bonds. The van der Waals surface area contributed by atoms with Crippen LogP contribution in [0.5, 0.6) is 5.75 Å². The van der Waals surface area contributed by atoms with Crippen LogP contribution in [0.15, 0.2) is 66.7 Å². The third-order valence-electron chi connectivity index (χ3n) is 4.37. The second-order valence-electron chi connectivity index (χ2n) is 6.95. The van der Waals surface area contributed by atoms with Gasteiger partial charge in [0.05, 0.1) is 23.0 Å². The molecule has 0 aliphatic rings. The molecule has 0 radical (unpaired) electrons. The summed E-state index contributed by atoms with van der Waals surface area (Å²) in [4.78, 5) is 13.7. The summed E-state index contributed by atoms with van der Waals surface area (Å²) in [7, 11) is 0. The Kier molecular flexibility index (Phi) is 4.89. The maximum atomic E-state index is 5.92. The van der Waals surface area contributed by atoms with Crippen LogP contribution in [0.4, 0.5) is 5.95 Å². The number of anilines is 1. The van der Waals surface area contributed by atoms with Crippen LogP contribution in [0.2, 0.25) is 0 Å². The van der Waals surface area contributed by atoms with Gasteiger partial charge in [-0.1, -0.05) is 30.3 Å². The highest BCUT2D eigenvalue weighted by Crippen LogP contribution is 2.25. The molecule has 4 aromatic rings. The van der Waals surface area contributed by atoms with Crippen LogP contribution in [0.1, 0.15) is 25.1 Å². The van der Waals surface area contributed by atoms with Gasteiger partial charge in [-0.2, -0.15) is 0 Å². The van der Waals surface area contributed by atoms with E-state index in [0.717, 1.165) is 39.3 Å². The molecule has 28 heavy (non-hydrogen) atoms. The Hall–Kier alpha value is -3.47. The Labute approximate surface area is 164 Å². The first kappa shape index (κ1) is 17.9. The molecule has 0 aliphatic carbocycles. The molecule has 2 heterocycles. The average Bonchev–Trinajstić information content (AvgIpc) is 2.69. The Morgan fingerprint density at radius 1 is 0.857 bits per heavy atom. The Morgan fingerprint density at radius 2 is 1.61 bits per heavy atom. The first-order valence-corrected chi connectivity index (χ1v) is 9.32. The minimum atomic E-state index is 0.146. The molecule has 2 aromatic heterocycles. The smallest absolute Gasteiger partial charge is 0.220 e. The van der Waals surface area contributed by atoms with Gasteiger partial charge in [0.2, 0.25) is 5.95 Å². The molecule has 2 aromatic carbocycles. The minimum Gasteiger partial charge on any atom is -0.491 e. The lowest BCUT2D eigenvalue weighted by Crippen LogP contribution is -2.05. The van der Waals surface area contributed by atoms with Crippen molar-refractivity contribution in [1.29, 1.82) is 0 Å². The zero-order valence-corrected chi connectivity index (χ0v) is 16.0. The van der Waals surface area contributed by atoms with E-state index in [2.05, 4.69) is 22.1 Å². The largest absolute Gasteiger partial charge is 0.491 e. The first-order chi connectivity index (χ1) is 13.6. The fourth-order valence-electron chi connectivity index (χ4n) is 3.14. The number of aromatic nitrogens is 3. The van der Waals surface area contributed by atoms with Gasteiger partial charge in [-0.05, 0) is 55.8 Å². The van der Waals surface area contributed by atoms with Crippen molar-refractivity contribution in [2.24, 2.45) is 0 Å². The fourth-order valence-corrected chi connectivity index (χ4v) is 3.14. The van der Waals surface area contributed by atoms with Gasteiger partial charge in [0.25, 0.3) is 0 Å². The van der Waals surface area contributed by atoms with Crippen molar-refractivity contribution in [1.82, 2.24) is 15.0 Å². The van der Waals surface area contributed by atoms with Gasteiger partial charge < -0.3 is 10.5 Å². The maximum Gasteiger partial charge on any atom is 0.220 e. The van der Waals surface area contributed by atoms with E-state index in [4.69, 9.17) is 15.5 Å². The van der Waals surface area contributed by atoms with Gasteiger partial charge in [-0.15, -0.1) is 0 Å². The molecule has 0 saturated heterocycles. The molecule has 0 saturated carbocycles. The number of pyridine rings is 1. The van der Waals surface area contributed by atoms with Gasteiger partial charge in [0, 0.05) is 12.0 Å². The molecule has 5 heteroatoms. The lowest BCUT2D eigenvalue weighted by atomic mass is 10.1. The minimum absolute atomic E-state index is 0.146. The summed E-state index contributed by atoms with van der Waals surface area (Å²) in [5, 5.41) is 0. The number of rotatable bonds is 5. The van der Waals surface area contributed by atoms with Crippen LogP contribution in [0.25, 0.3) is 22.3 Å². The monoisotopic (exact) mass is 370 g/mol. The van der Waals surface area contributed by atoms with Crippen molar-refractivity contribution in [2.45, 2.75) is 26.4 Å². The zero-order chi connectivity index (χ0) is 19.5. The summed E-state index contributed by atoms with van der Waals surface area (Å²) in [6.07, 6.45) is 0.801. The van der Waals surface area contributed by atoms with Crippen molar-refractivity contribution < 1.29 is 4.74 Å². The van der Waals surface area contributed by atoms with Crippen molar-refractivity contribution in [2.75, 3.05) is 5.73 Å². The lowest BCUT2D eigenvalue weighted by Gasteiger charge is -2.11. The molecule has 0 bridgehead atoms. The van der Waals surface area contributed by atoms with E-state index in [9.17, 15) is 0 Å². The number of hydrogen-bond acceptors (Lipinski definition) is 5. The van der Waals surface area contributed by atoms with E-state index in [1.165, 1.54) is 0 Å². The van der Waals surface area contributed by atoms with Crippen LogP contribution in [-0.2, 0) is 6.42 Å². The van der Waals surface area contributed by atoms with E-state index in [-0.39, 0.29) is 12.1 Å². The topological polar surface area (TPSA) is 73.9 Å². The molecule has 140 valence electrons. The molecule has 0 atom stereocenters. The van der Waals surface area contributed by atoms with Crippen LogP contribution in [0, 0.1) is 0 Å². The number of ether oxygens (including phenoxy) is 1. The molecule has 0 spiro atoms. The first-order valence-electron chi connectivity index (χ1n) is 9.32. The molecule has 0 aliphatic heterocycles. The highest BCUT2D eigenvalue weighted by Gasteiger charge is 2.11. The highest BCUT2D eigenvalue weighted by molar-refractivity contribution is 5.81. The zero-order valence-electron chi connectivity index (χ0n) is 16.0. The quantitative estimate of drug-likeness (QED) is 0.553. The Morgan fingerprint density at radius 3 is 2.32 bits per heavy atom. The molecule has 0 fully saturated rings. The van der Waals surface area contributed by atoms with Crippen LogP contribution in [0.3, 0.4) is 0 Å². The molecule has 4 rings (SSSR count). The van der Waals surface area contributed by atoms with E-state index in [0.29, 0.717) is 6.42 Å². The van der Waals surface area contributed by atoms with Crippen LogP contribution >= 0.6 is 0 Å². The summed E-state index contributed by atoms with van der Waals surface area (Å²) in [5.74, 6) is 1.11. The number of benzene rings is 2. The second-order valence-corrected chi connectivity index (χ2v) is 6.95. The summed E-state index contributed by atoms with van der Waals surface area (Å²) >= 11 is 0. The fraction of sp³-hybridized carbons (Fsp3) is 0.174. The SMILES string of the molecule is CC(C)Oc1ccc(-c2ccc3nc(N)nc(Cc4ccccc4)c3n2)cc1. The van der Waals surface area contributed by atoms with E-state index < -0.39 is 0 Å². The summed E-state index contributed by atoms with van der Waals surface area (Å²) in [5.41, 5.74) is 11.3. The van der Waals surface area contributed by atoms with E-state index in [1.807, 2.05) is 68.4 Å². The second kappa shape index (κ2) is 7.64. The van der Waals surface area contributed by atoms with Crippen molar-refractivity contribution >= 4 is 17.0 Å². The third kappa shape index (κ3) is 3.93. The standard InChI is InChI=1S/C23H22N4O/c1-15(2)28-18-10-8-17(9-11-18)19-12-13-20-22(25-19)21(27-23(24)26-20)14-16-6-4-3-5-7-16/h3-13,15H,14H2,1-2H3,(H2,24,26,27). The summed E-state index contributed by atoms with van der Waals surface area (Å²) in [6, 6.07) is 22.0. The molecule has 2 N–H and O–H groups in total. The number of hydrogen-bond donors (Lipinski definition) is 1. The van der Waals surface area contributed by atoms with Crippen molar-refractivity contribution in [3.8, 4) is 17.0 Å². The number of nitrogens with zero attached hydrogens (tertiary/aromatic N) is 3. The van der Waals surface area contributed by atoms with Crippen LogP contribution < -0.4 is 10.5 Å². The molecular weight excluding hydrogens is 348 g/mol. The molecular formula is C23H22N4O. The normalized spacial score (nSPS) is 11.1. The van der Waals surface area contributed by atoms with E-state index >= 15 is 0 Å². The van der Waals surface area contributed by atoms with Gasteiger partial charge >= 0.3 is 0 Å². The van der Waals surface area contributed by atoms with Gasteiger partial charge in [0.1, 0.15) is 11.3 Å². The number of nitrogens with two attached hydrogens (primary N) is 1. The van der Waals surface area contributed by atoms with Crippen LogP contribution in [-0.4, -0.2) is 21.1 Å². The van der Waals surface area contributed by atoms with E-state index in [1.54, 1.807) is 0 Å². The third-order valence-corrected chi connectivity index (χ3v) is 4.37. The maximum absolute atomic E-state index is 5.92. The predicted molar refractivity (Wildman–Crippen MR) is 112 cm³/mol. The average molecular weight is 370 g/mol. The number of nitrogen functional groups attached to an aromatic ring is 1. The highest BCUT2D eigenvalue weighted by atomic mass is 16.5. The van der Waals surface area contributed by atoms with Gasteiger partial charge in [-0.3, -0.25) is 0 Å². The summed E-state index contributed by atoms with van der Waals surface area (Å²) in [6.45, 7) is 4.03. The lowest BCUT2D eigenvalue weighted by molar-refractivity contribution is 0.242. The molecule has 5 nitrogen and oxygen atoms in total. The van der Waals surface area contributed by atoms with Crippen molar-refractivity contribution in [3.05, 3.63) is 78.0 Å². The Bertz CT molecular complexity index is 1090. The predicted octanol–water partition coefficient (Wildman–Crippen LogP) is 4.65. The van der Waals surface area contributed by atoms with Gasteiger partial charge in [-0.25, -0.2) is 15.0 Å².